The van der Waals surface area contributed by atoms with E-state index >= 15 is 0 Å². The molecule has 4 heteroatoms. The lowest BCUT2D eigenvalue weighted by Gasteiger charge is -2.19. The number of fused-ring (bicyclic) bond motifs is 1. The van der Waals surface area contributed by atoms with Gasteiger partial charge in [0.05, 0.1) is 6.54 Å². The van der Waals surface area contributed by atoms with E-state index in [9.17, 15) is 0 Å². The third kappa shape index (κ3) is 2.64. The monoisotopic (exact) mass is 246 g/mol. The van der Waals surface area contributed by atoms with Crippen molar-refractivity contribution in [1.29, 1.82) is 0 Å². The largest absolute Gasteiger partial charge is 0.314 e. The molecule has 1 aliphatic heterocycles. The zero-order valence-electron chi connectivity index (χ0n) is 10.9. The van der Waals surface area contributed by atoms with Gasteiger partial charge in [-0.1, -0.05) is 12.2 Å². The summed E-state index contributed by atoms with van der Waals surface area (Å²) in [6.07, 6.45) is 12.0. The number of rotatable bonds is 4. The van der Waals surface area contributed by atoms with E-state index in [0.29, 0.717) is 0 Å². The van der Waals surface area contributed by atoms with Crippen molar-refractivity contribution in [1.82, 2.24) is 20.1 Å². The minimum atomic E-state index is 0.804. The Bertz CT molecular complexity index is 421. The molecule has 0 radical (unpaired) electrons. The van der Waals surface area contributed by atoms with Gasteiger partial charge in [-0.2, -0.15) is 0 Å². The number of allylic oxidation sites excluding steroid dienone is 2. The van der Waals surface area contributed by atoms with E-state index < -0.39 is 0 Å². The zero-order valence-corrected chi connectivity index (χ0v) is 10.9. The molecule has 1 unspecified atom stereocenters. The molecule has 0 spiro atoms. The van der Waals surface area contributed by atoms with Gasteiger partial charge in [0, 0.05) is 13.0 Å². The minimum absolute atomic E-state index is 0.804. The molecule has 1 aliphatic carbocycles. The van der Waals surface area contributed by atoms with Crippen LogP contribution in [0.3, 0.4) is 0 Å². The lowest BCUT2D eigenvalue weighted by molar-refractivity contribution is 0.429. The van der Waals surface area contributed by atoms with Crippen LogP contribution in [0.2, 0.25) is 0 Å². The Balaban J connectivity index is 1.50. The van der Waals surface area contributed by atoms with Crippen LogP contribution < -0.4 is 5.32 Å². The van der Waals surface area contributed by atoms with Gasteiger partial charge in [-0.05, 0) is 44.6 Å². The second-order valence-corrected chi connectivity index (χ2v) is 5.42. The van der Waals surface area contributed by atoms with E-state index in [2.05, 4.69) is 32.2 Å². The van der Waals surface area contributed by atoms with Crippen LogP contribution in [0.4, 0.5) is 0 Å². The molecule has 4 nitrogen and oxygen atoms in total. The van der Waals surface area contributed by atoms with Crippen LogP contribution in [-0.2, 0) is 19.5 Å². The highest BCUT2D eigenvalue weighted by molar-refractivity contribution is 4.99. The molecule has 1 aromatic heterocycles. The maximum Gasteiger partial charge on any atom is 0.147 e. The van der Waals surface area contributed by atoms with Gasteiger partial charge >= 0.3 is 0 Å². The van der Waals surface area contributed by atoms with Crippen molar-refractivity contribution in [3.05, 3.63) is 23.8 Å². The summed E-state index contributed by atoms with van der Waals surface area (Å²) < 4.78 is 2.30. The smallest absolute Gasteiger partial charge is 0.147 e. The summed E-state index contributed by atoms with van der Waals surface area (Å²) in [5.41, 5.74) is 0. The quantitative estimate of drug-likeness (QED) is 0.827. The minimum Gasteiger partial charge on any atom is -0.314 e. The van der Waals surface area contributed by atoms with Gasteiger partial charge in [-0.25, -0.2) is 0 Å². The summed E-state index contributed by atoms with van der Waals surface area (Å²) in [6, 6.07) is 0. The van der Waals surface area contributed by atoms with Crippen LogP contribution in [0.15, 0.2) is 12.2 Å². The number of hydrogen-bond acceptors (Lipinski definition) is 3. The summed E-state index contributed by atoms with van der Waals surface area (Å²) in [5.74, 6) is 3.11. The molecule has 0 saturated carbocycles. The Hall–Kier alpha value is -1.16. The second-order valence-electron chi connectivity index (χ2n) is 5.42. The van der Waals surface area contributed by atoms with Crippen LogP contribution in [-0.4, -0.2) is 21.3 Å². The molecule has 0 saturated heterocycles. The van der Waals surface area contributed by atoms with Crippen LogP contribution in [0, 0.1) is 5.92 Å². The van der Waals surface area contributed by atoms with Gasteiger partial charge in [-0.3, -0.25) is 0 Å². The third-order valence-corrected chi connectivity index (χ3v) is 4.03. The fourth-order valence-electron chi connectivity index (χ4n) is 2.93. The fraction of sp³-hybridized carbons (Fsp3) is 0.714. The van der Waals surface area contributed by atoms with Gasteiger partial charge in [-0.15, -0.1) is 10.2 Å². The van der Waals surface area contributed by atoms with Gasteiger partial charge in [0.1, 0.15) is 11.6 Å². The molecular formula is C14H22N4. The maximum atomic E-state index is 4.32. The molecule has 18 heavy (non-hydrogen) atoms. The highest BCUT2D eigenvalue weighted by Crippen LogP contribution is 2.17. The molecule has 1 N–H and O–H groups in total. The van der Waals surface area contributed by atoms with Crippen molar-refractivity contribution in [2.75, 3.05) is 6.54 Å². The molecule has 0 fully saturated rings. The zero-order chi connectivity index (χ0) is 12.2. The first-order valence-electron chi connectivity index (χ1n) is 7.20. The van der Waals surface area contributed by atoms with E-state index in [4.69, 9.17) is 0 Å². The first-order chi connectivity index (χ1) is 8.93. The van der Waals surface area contributed by atoms with E-state index in [-0.39, 0.29) is 0 Å². The van der Waals surface area contributed by atoms with Crippen LogP contribution in [0.5, 0.6) is 0 Å². The maximum absolute atomic E-state index is 4.32. The average Bonchev–Trinajstić information content (AvgIpc) is 2.84. The SMILES string of the molecule is C1=CCC(CNCc2nnc3n2CCCC3)CC1. The topological polar surface area (TPSA) is 42.7 Å². The summed E-state index contributed by atoms with van der Waals surface area (Å²) in [6.45, 7) is 3.07. The summed E-state index contributed by atoms with van der Waals surface area (Å²) in [5, 5.41) is 12.2. The molecule has 0 bridgehead atoms. The fourth-order valence-corrected chi connectivity index (χ4v) is 2.93. The van der Waals surface area contributed by atoms with Gasteiger partial charge < -0.3 is 9.88 Å². The number of aryl methyl sites for hydroxylation is 1. The van der Waals surface area contributed by atoms with Crippen LogP contribution >= 0.6 is 0 Å². The summed E-state index contributed by atoms with van der Waals surface area (Å²) in [7, 11) is 0. The Morgan fingerprint density at radius 1 is 1.28 bits per heavy atom. The van der Waals surface area contributed by atoms with Crippen molar-refractivity contribution >= 4 is 0 Å². The predicted molar refractivity (Wildman–Crippen MR) is 71.1 cm³/mol. The Morgan fingerprint density at radius 3 is 3.17 bits per heavy atom. The molecule has 3 rings (SSSR count). The number of nitrogens with zero attached hydrogens (tertiary/aromatic N) is 3. The summed E-state index contributed by atoms with van der Waals surface area (Å²) >= 11 is 0. The molecular weight excluding hydrogens is 224 g/mol. The van der Waals surface area contributed by atoms with Crippen molar-refractivity contribution in [3.63, 3.8) is 0 Å². The molecule has 98 valence electrons. The third-order valence-electron chi connectivity index (χ3n) is 4.03. The normalized spacial score (nSPS) is 23.0. The Morgan fingerprint density at radius 2 is 2.28 bits per heavy atom. The molecule has 2 aliphatic rings. The van der Waals surface area contributed by atoms with E-state index in [1.807, 2.05) is 0 Å². The lowest BCUT2D eigenvalue weighted by Crippen LogP contribution is -2.25. The van der Waals surface area contributed by atoms with E-state index in [1.165, 1.54) is 37.9 Å². The van der Waals surface area contributed by atoms with E-state index in [0.717, 1.165) is 37.8 Å². The first-order valence-corrected chi connectivity index (χ1v) is 7.20. The van der Waals surface area contributed by atoms with Gasteiger partial charge in [0.25, 0.3) is 0 Å². The second kappa shape index (κ2) is 5.65. The molecule has 0 aromatic carbocycles. The highest BCUT2D eigenvalue weighted by atomic mass is 15.3. The van der Waals surface area contributed by atoms with E-state index in [1.54, 1.807) is 0 Å². The summed E-state index contributed by atoms with van der Waals surface area (Å²) in [4.78, 5) is 0. The van der Waals surface area contributed by atoms with Crippen molar-refractivity contribution in [3.8, 4) is 0 Å². The molecule has 0 amide bonds. The Labute approximate surface area is 108 Å². The molecule has 1 aromatic rings. The van der Waals surface area contributed by atoms with Gasteiger partial charge in [0.2, 0.25) is 0 Å². The predicted octanol–water partition coefficient (Wildman–Crippen LogP) is 2.06. The van der Waals surface area contributed by atoms with Crippen LogP contribution in [0.25, 0.3) is 0 Å². The molecule has 1 atom stereocenters. The van der Waals surface area contributed by atoms with Crippen molar-refractivity contribution in [2.45, 2.75) is 51.6 Å². The molecule has 2 heterocycles. The van der Waals surface area contributed by atoms with Crippen LogP contribution in [0.1, 0.15) is 43.8 Å². The van der Waals surface area contributed by atoms with Gasteiger partial charge in [0.15, 0.2) is 0 Å². The lowest BCUT2D eigenvalue weighted by atomic mass is 9.94. The Kier molecular flexibility index (Phi) is 3.74. The number of nitrogens with one attached hydrogen (secondary N) is 1. The number of aromatic nitrogens is 3. The standard InChI is InChI=1S/C14H22N4/c1-2-6-12(7-3-1)10-15-11-14-17-16-13-8-4-5-9-18(13)14/h1-2,12,15H,3-11H2. The van der Waals surface area contributed by atoms with Crippen molar-refractivity contribution < 1.29 is 0 Å². The average molecular weight is 246 g/mol. The number of hydrogen-bond donors (Lipinski definition) is 1. The van der Waals surface area contributed by atoms with Crippen molar-refractivity contribution in [2.24, 2.45) is 5.92 Å². The first kappa shape index (κ1) is 11.9. The highest BCUT2D eigenvalue weighted by Gasteiger charge is 2.15.